The summed E-state index contributed by atoms with van der Waals surface area (Å²) in [7, 11) is 0. The Morgan fingerprint density at radius 2 is 2.12 bits per heavy atom. The van der Waals surface area contributed by atoms with E-state index >= 15 is 0 Å². The molecule has 2 heterocycles. The highest BCUT2D eigenvalue weighted by atomic mass is 16.5. The quantitative estimate of drug-likeness (QED) is 0.856. The third-order valence-electron chi connectivity index (χ3n) is 4.55. The van der Waals surface area contributed by atoms with Crippen molar-refractivity contribution in [2.75, 3.05) is 6.61 Å². The van der Waals surface area contributed by atoms with E-state index in [4.69, 9.17) is 9.15 Å². The Balaban J connectivity index is 2.17. The molecule has 1 N–H and O–H groups in total. The first-order valence-electron chi connectivity index (χ1n) is 8.56. The molecular formula is C19H23NO4. The summed E-state index contributed by atoms with van der Waals surface area (Å²) in [6.45, 7) is 5.92. The Bertz CT molecular complexity index is 738. The van der Waals surface area contributed by atoms with Gasteiger partial charge in [0, 0.05) is 23.4 Å². The van der Waals surface area contributed by atoms with E-state index < -0.39 is 5.92 Å². The molecule has 1 aromatic rings. The zero-order valence-electron chi connectivity index (χ0n) is 14.4. The van der Waals surface area contributed by atoms with Crippen molar-refractivity contribution in [1.82, 2.24) is 5.32 Å². The molecule has 128 valence electrons. The summed E-state index contributed by atoms with van der Waals surface area (Å²) in [6, 6.07) is 3.71. The van der Waals surface area contributed by atoms with Crippen LogP contribution in [-0.2, 0) is 14.3 Å². The number of hydrogen-bond donors (Lipinski definition) is 1. The van der Waals surface area contributed by atoms with Crippen LogP contribution in [0, 0.1) is 6.92 Å². The predicted octanol–water partition coefficient (Wildman–Crippen LogP) is 3.51. The highest BCUT2D eigenvalue weighted by Gasteiger charge is 2.41. The van der Waals surface area contributed by atoms with Crippen LogP contribution < -0.4 is 5.32 Å². The highest BCUT2D eigenvalue weighted by molar-refractivity contribution is 6.03. The second kappa shape index (κ2) is 6.67. The zero-order valence-corrected chi connectivity index (χ0v) is 14.4. The van der Waals surface area contributed by atoms with Crippen molar-refractivity contribution in [3.8, 4) is 0 Å². The van der Waals surface area contributed by atoms with Gasteiger partial charge in [-0.3, -0.25) is 4.79 Å². The Morgan fingerprint density at radius 3 is 2.75 bits per heavy atom. The van der Waals surface area contributed by atoms with Gasteiger partial charge < -0.3 is 14.5 Å². The summed E-state index contributed by atoms with van der Waals surface area (Å²) < 4.78 is 11.1. The molecule has 0 amide bonds. The van der Waals surface area contributed by atoms with Gasteiger partial charge in [0.15, 0.2) is 5.78 Å². The van der Waals surface area contributed by atoms with Crippen molar-refractivity contribution < 1.29 is 18.7 Å². The van der Waals surface area contributed by atoms with Gasteiger partial charge in [0.25, 0.3) is 0 Å². The van der Waals surface area contributed by atoms with Crippen LogP contribution in [0.2, 0.25) is 0 Å². The molecule has 1 aliphatic carbocycles. The molecule has 1 aliphatic heterocycles. The molecule has 0 saturated heterocycles. The maximum absolute atomic E-state index is 12.6. The van der Waals surface area contributed by atoms with Crippen molar-refractivity contribution in [3.05, 3.63) is 46.2 Å². The third-order valence-corrected chi connectivity index (χ3v) is 4.55. The second-order valence-corrected chi connectivity index (χ2v) is 6.14. The fourth-order valence-corrected chi connectivity index (χ4v) is 3.52. The van der Waals surface area contributed by atoms with Crippen molar-refractivity contribution in [3.63, 3.8) is 0 Å². The number of ketones is 1. The molecule has 0 bridgehead atoms. The summed E-state index contributed by atoms with van der Waals surface area (Å²) in [6.07, 6.45) is 2.82. The Hall–Kier alpha value is -2.30. The third kappa shape index (κ3) is 2.79. The van der Waals surface area contributed by atoms with E-state index in [9.17, 15) is 9.59 Å². The molecule has 1 atom stereocenters. The number of furan rings is 1. The van der Waals surface area contributed by atoms with E-state index in [1.54, 1.807) is 6.92 Å². The van der Waals surface area contributed by atoms with Gasteiger partial charge in [-0.1, -0.05) is 6.92 Å². The number of carbonyl (C=O) groups excluding carboxylic acids is 2. The Morgan fingerprint density at radius 1 is 1.33 bits per heavy atom. The number of nitrogens with one attached hydrogen (secondary N) is 1. The molecule has 0 saturated carbocycles. The molecule has 5 heteroatoms. The van der Waals surface area contributed by atoms with Crippen molar-refractivity contribution in [2.45, 2.75) is 52.4 Å². The lowest BCUT2D eigenvalue weighted by Gasteiger charge is -2.33. The number of esters is 1. The maximum atomic E-state index is 12.6. The van der Waals surface area contributed by atoms with Gasteiger partial charge in [0.1, 0.15) is 11.5 Å². The van der Waals surface area contributed by atoms with E-state index in [0.717, 1.165) is 30.0 Å². The van der Waals surface area contributed by atoms with Gasteiger partial charge in [-0.2, -0.15) is 0 Å². The van der Waals surface area contributed by atoms with Crippen molar-refractivity contribution in [2.24, 2.45) is 0 Å². The highest BCUT2D eigenvalue weighted by Crippen LogP contribution is 2.43. The summed E-state index contributed by atoms with van der Waals surface area (Å²) in [4.78, 5) is 25.3. The molecule has 24 heavy (non-hydrogen) atoms. The van der Waals surface area contributed by atoms with Crippen LogP contribution in [0.1, 0.15) is 57.0 Å². The minimum atomic E-state index is -0.475. The van der Waals surface area contributed by atoms with Gasteiger partial charge in [0.2, 0.25) is 0 Å². The largest absolute Gasteiger partial charge is 0.465 e. The average molecular weight is 329 g/mol. The first-order valence-corrected chi connectivity index (χ1v) is 8.56. The number of ether oxygens (including phenoxy) is 1. The number of rotatable bonds is 4. The van der Waals surface area contributed by atoms with Crippen LogP contribution in [0.15, 0.2) is 39.1 Å². The smallest absolute Gasteiger partial charge is 0.336 e. The van der Waals surface area contributed by atoms with Gasteiger partial charge in [-0.05, 0) is 45.2 Å². The first kappa shape index (κ1) is 16.6. The molecule has 0 unspecified atom stereocenters. The molecule has 2 aliphatic rings. The summed E-state index contributed by atoms with van der Waals surface area (Å²) in [5.74, 6) is 0.614. The fraction of sp³-hybridized carbons (Fsp3) is 0.474. The first-order chi connectivity index (χ1) is 11.6. The minimum Gasteiger partial charge on any atom is -0.465 e. The molecule has 3 rings (SSSR count). The predicted molar refractivity (Wildman–Crippen MR) is 89.2 cm³/mol. The zero-order chi connectivity index (χ0) is 17.3. The number of carbonyl (C=O) groups is 2. The second-order valence-electron chi connectivity index (χ2n) is 6.14. The summed E-state index contributed by atoms with van der Waals surface area (Å²) in [5, 5.41) is 3.33. The van der Waals surface area contributed by atoms with Crippen LogP contribution in [0.3, 0.4) is 0 Å². The van der Waals surface area contributed by atoms with E-state index in [0.29, 0.717) is 36.4 Å². The van der Waals surface area contributed by atoms with Gasteiger partial charge >= 0.3 is 5.97 Å². The fourth-order valence-electron chi connectivity index (χ4n) is 3.52. The summed E-state index contributed by atoms with van der Waals surface area (Å²) >= 11 is 0. The molecular weight excluding hydrogens is 306 g/mol. The van der Waals surface area contributed by atoms with Crippen LogP contribution in [0.5, 0.6) is 0 Å². The maximum Gasteiger partial charge on any atom is 0.336 e. The molecule has 1 aromatic heterocycles. The molecule has 0 radical (unpaired) electrons. The lowest BCUT2D eigenvalue weighted by atomic mass is 9.77. The molecule has 0 spiro atoms. The lowest BCUT2D eigenvalue weighted by molar-refractivity contribution is -0.139. The van der Waals surface area contributed by atoms with Gasteiger partial charge in [0.05, 0.1) is 18.1 Å². The van der Waals surface area contributed by atoms with Gasteiger partial charge in [-0.25, -0.2) is 4.79 Å². The SMILES string of the molecule is CCOC(=O)C1=C(CC)NC2=C(C(=O)CCC2)[C@H]1c1ccc(C)o1. The molecule has 0 aromatic carbocycles. The standard InChI is InChI=1S/C19H23NO4/c1-4-12-17(19(22)23-5-2)18(15-10-9-11(3)24-15)16-13(20-12)7-6-8-14(16)21/h9-10,18,20H,4-8H2,1-3H3/t18-/m1/s1. The van der Waals surface area contributed by atoms with E-state index in [1.807, 2.05) is 26.0 Å². The van der Waals surface area contributed by atoms with Gasteiger partial charge in [-0.15, -0.1) is 0 Å². The molecule has 0 fully saturated rings. The van der Waals surface area contributed by atoms with Crippen LogP contribution in [0.25, 0.3) is 0 Å². The van der Waals surface area contributed by atoms with E-state index in [-0.39, 0.29) is 11.8 Å². The number of Topliss-reactive ketones (excluding diaryl/α,β-unsaturated/α-hetero) is 1. The van der Waals surface area contributed by atoms with Crippen molar-refractivity contribution in [1.29, 1.82) is 0 Å². The van der Waals surface area contributed by atoms with Crippen LogP contribution >= 0.6 is 0 Å². The van der Waals surface area contributed by atoms with Crippen LogP contribution in [-0.4, -0.2) is 18.4 Å². The topological polar surface area (TPSA) is 68.5 Å². The van der Waals surface area contributed by atoms with E-state index in [2.05, 4.69) is 5.32 Å². The van der Waals surface area contributed by atoms with Crippen molar-refractivity contribution >= 4 is 11.8 Å². The number of aryl methyl sites for hydroxylation is 1. The van der Waals surface area contributed by atoms with Crippen LogP contribution in [0.4, 0.5) is 0 Å². The average Bonchev–Trinajstić information content (AvgIpc) is 2.99. The minimum absolute atomic E-state index is 0.0831. The lowest BCUT2D eigenvalue weighted by Crippen LogP contribution is -2.35. The summed E-state index contributed by atoms with van der Waals surface area (Å²) in [5.41, 5.74) is 2.91. The Kier molecular flexibility index (Phi) is 4.60. The number of allylic oxidation sites excluding steroid dienone is 3. The van der Waals surface area contributed by atoms with E-state index in [1.165, 1.54) is 0 Å². The monoisotopic (exact) mass is 329 g/mol. The number of dihydropyridines is 1. The Labute approximate surface area is 141 Å². The normalized spacial score (nSPS) is 20.8. The number of hydrogen-bond acceptors (Lipinski definition) is 5. The molecule has 5 nitrogen and oxygen atoms in total.